The van der Waals surface area contributed by atoms with E-state index in [1.807, 2.05) is 4.90 Å². The van der Waals surface area contributed by atoms with Crippen LogP contribution in [0.15, 0.2) is 0 Å². The van der Waals surface area contributed by atoms with E-state index >= 15 is 0 Å². The molecule has 1 fully saturated rings. The molecule has 0 aliphatic carbocycles. The Morgan fingerprint density at radius 1 is 1.26 bits per heavy atom. The third kappa shape index (κ3) is 6.45. The van der Waals surface area contributed by atoms with Gasteiger partial charge in [-0.3, -0.25) is 4.79 Å². The zero-order valence-electron chi connectivity index (χ0n) is 12.5. The Morgan fingerprint density at radius 2 is 1.95 bits per heavy atom. The third-order valence-electron chi connectivity index (χ3n) is 3.15. The highest BCUT2D eigenvalue weighted by atomic mass is 16.6. The predicted molar refractivity (Wildman–Crippen MR) is 73.8 cm³/mol. The van der Waals surface area contributed by atoms with Crippen LogP contribution in [0.4, 0.5) is 4.79 Å². The molecule has 5 heteroatoms. The molecule has 1 atom stereocenters. The summed E-state index contributed by atoms with van der Waals surface area (Å²) in [4.78, 5) is 25.3. The minimum atomic E-state index is -0.538. The molecule has 110 valence electrons. The molecule has 1 N–H and O–H groups in total. The summed E-state index contributed by atoms with van der Waals surface area (Å²) in [5, 5.41) is 2.52. The SMILES string of the molecule is C[C@H]1CCCN(C(=O)CNC(=O)OC(C)(C)C)CC1. The molecule has 0 bridgehead atoms. The molecule has 0 aromatic rings. The lowest BCUT2D eigenvalue weighted by atomic mass is 10.0. The van der Waals surface area contributed by atoms with Gasteiger partial charge in [-0.1, -0.05) is 6.92 Å². The summed E-state index contributed by atoms with van der Waals surface area (Å²) in [5.74, 6) is 0.650. The van der Waals surface area contributed by atoms with Gasteiger partial charge >= 0.3 is 6.09 Å². The van der Waals surface area contributed by atoms with Gasteiger partial charge in [-0.15, -0.1) is 0 Å². The minimum Gasteiger partial charge on any atom is -0.444 e. The molecular weight excluding hydrogens is 244 g/mol. The Morgan fingerprint density at radius 3 is 2.58 bits per heavy atom. The molecule has 0 saturated carbocycles. The van der Waals surface area contributed by atoms with Crippen LogP contribution in [0.5, 0.6) is 0 Å². The maximum atomic E-state index is 12.0. The van der Waals surface area contributed by atoms with Crippen molar-refractivity contribution in [1.82, 2.24) is 10.2 Å². The topological polar surface area (TPSA) is 58.6 Å². The van der Waals surface area contributed by atoms with Gasteiger partial charge in [0.2, 0.25) is 5.91 Å². The number of hydrogen-bond donors (Lipinski definition) is 1. The summed E-state index contributed by atoms with van der Waals surface area (Å²) in [6.07, 6.45) is 2.71. The fourth-order valence-corrected chi connectivity index (χ4v) is 2.09. The largest absolute Gasteiger partial charge is 0.444 e. The molecule has 0 spiro atoms. The van der Waals surface area contributed by atoms with Crippen LogP contribution in [0.25, 0.3) is 0 Å². The maximum absolute atomic E-state index is 12.0. The van der Waals surface area contributed by atoms with Gasteiger partial charge in [0.05, 0.1) is 0 Å². The average Bonchev–Trinajstić information content (AvgIpc) is 2.48. The zero-order valence-corrected chi connectivity index (χ0v) is 12.5. The van der Waals surface area contributed by atoms with Crippen molar-refractivity contribution >= 4 is 12.0 Å². The fourth-order valence-electron chi connectivity index (χ4n) is 2.09. The van der Waals surface area contributed by atoms with Crippen LogP contribution in [0.1, 0.15) is 47.0 Å². The van der Waals surface area contributed by atoms with Gasteiger partial charge < -0.3 is 15.0 Å². The molecule has 5 nitrogen and oxygen atoms in total. The van der Waals surface area contributed by atoms with Crippen molar-refractivity contribution in [2.75, 3.05) is 19.6 Å². The van der Waals surface area contributed by atoms with Crippen molar-refractivity contribution in [2.45, 2.75) is 52.6 Å². The molecule has 0 aromatic carbocycles. The standard InChI is InChI=1S/C14H26N2O3/c1-11-6-5-8-16(9-7-11)12(17)10-15-13(18)19-14(2,3)4/h11H,5-10H2,1-4H3,(H,15,18)/t11-/m0/s1. The van der Waals surface area contributed by atoms with Crippen LogP contribution in [0.2, 0.25) is 0 Å². The molecular formula is C14H26N2O3. The summed E-state index contributed by atoms with van der Waals surface area (Å²) in [6.45, 7) is 9.20. The molecule has 1 saturated heterocycles. The van der Waals surface area contributed by atoms with Gasteiger partial charge in [0.1, 0.15) is 12.1 Å². The zero-order chi connectivity index (χ0) is 14.5. The normalized spacial score (nSPS) is 20.6. The van der Waals surface area contributed by atoms with E-state index in [0.29, 0.717) is 5.92 Å². The molecule has 1 rings (SSSR count). The summed E-state index contributed by atoms with van der Waals surface area (Å²) in [7, 11) is 0. The van der Waals surface area contributed by atoms with Gasteiger partial charge in [0, 0.05) is 13.1 Å². The Labute approximate surface area is 115 Å². The first kappa shape index (κ1) is 15.8. The second-order valence-corrected chi connectivity index (χ2v) is 6.27. The summed E-state index contributed by atoms with van der Waals surface area (Å²) < 4.78 is 5.10. The van der Waals surface area contributed by atoms with E-state index in [1.165, 1.54) is 6.42 Å². The number of nitrogens with one attached hydrogen (secondary N) is 1. The monoisotopic (exact) mass is 270 g/mol. The van der Waals surface area contributed by atoms with Crippen LogP contribution in [-0.4, -0.2) is 42.1 Å². The lowest BCUT2D eigenvalue weighted by Crippen LogP contribution is -2.42. The molecule has 0 unspecified atom stereocenters. The molecule has 1 aliphatic heterocycles. The van der Waals surface area contributed by atoms with Crippen molar-refractivity contribution < 1.29 is 14.3 Å². The van der Waals surface area contributed by atoms with Gasteiger partial charge in [-0.2, -0.15) is 0 Å². The summed E-state index contributed by atoms with van der Waals surface area (Å²) in [5.41, 5.74) is -0.537. The maximum Gasteiger partial charge on any atom is 0.408 e. The van der Waals surface area contributed by atoms with E-state index in [-0.39, 0.29) is 12.5 Å². The van der Waals surface area contributed by atoms with Gasteiger partial charge in [0.15, 0.2) is 0 Å². The lowest BCUT2D eigenvalue weighted by Gasteiger charge is -2.22. The number of amides is 2. The fraction of sp³-hybridized carbons (Fsp3) is 0.857. The number of likely N-dealkylation sites (tertiary alicyclic amines) is 1. The van der Waals surface area contributed by atoms with Crippen LogP contribution in [0.3, 0.4) is 0 Å². The molecule has 0 radical (unpaired) electrons. The Hall–Kier alpha value is -1.26. The lowest BCUT2D eigenvalue weighted by molar-refractivity contribution is -0.130. The number of hydrogen-bond acceptors (Lipinski definition) is 3. The quantitative estimate of drug-likeness (QED) is 0.836. The van der Waals surface area contributed by atoms with Crippen molar-refractivity contribution in [2.24, 2.45) is 5.92 Å². The van der Waals surface area contributed by atoms with Crippen LogP contribution < -0.4 is 5.32 Å². The summed E-state index contributed by atoms with van der Waals surface area (Å²) >= 11 is 0. The molecule has 1 aliphatic rings. The second kappa shape index (κ2) is 6.78. The van der Waals surface area contributed by atoms with E-state index < -0.39 is 11.7 Å². The molecule has 19 heavy (non-hydrogen) atoms. The smallest absolute Gasteiger partial charge is 0.408 e. The van der Waals surface area contributed by atoms with Crippen LogP contribution >= 0.6 is 0 Å². The van der Waals surface area contributed by atoms with Crippen molar-refractivity contribution in [3.8, 4) is 0 Å². The Bertz CT molecular complexity index is 323. The van der Waals surface area contributed by atoms with Crippen molar-refractivity contribution in [3.05, 3.63) is 0 Å². The second-order valence-electron chi connectivity index (χ2n) is 6.27. The van der Waals surface area contributed by atoms with Gasteiger partial charge in [-0.05, 0) is 46.0 Å². The first-order valence-corrected chi connectivity index (χ1v) is 7.02. The number of carbonyl (C=O) groups excluding carboxylic acids is 2. The van der Waals surface area contributed by atoms with Gasteiger partial charge in [0.25, 0.3) is 0 Å². The predicted octanol–water partition coefficient (Wildman–Crippen LogP) is 2.16. The average molecular weight is 270 g/mol. The molecule has 0 aromatic heterocycles. The van der Waals surface area contributed by atoms with Crippen molar-refractivity contribution in [1.29, 1.82) is 0 Å². The number of alkyl carbamates (subject to hydrolysis) is 1. The first-order chi connectivity index (χ1) is 8.78. The van der Waals surface area contributed by atoms with E-state index in [4.69, 9.17) is 4.74 Å². The van der Waals surface area contributed by atoms with E-state index in [1.54, 1.807) is 20.8 Å². The highest BCUT2D eigenvalue weighted by Gasteiger charge is 2.20. The number of rotatable bonds is 2. The van der Waals surface area contributed by atoms with E-state index in [9.17, 15) is 9.59 Å². The molecule has 2 amide bonds. The van der Waals surface area contributed by atoms with E-state index in [2.05, 4.69) is 12.2 Å². The van der Waals surface area contributed by atoms with Crippen LogP contribution in [0, 0.1) is 5.92 Å². The highest BCUT2D eigenvalue weighted by molar-refractivity contribution is 5.82. The van der Waals surface area contributed by atoms with Crippen molar-refractivity contribution in [3.63, 3.8) is 0 Å². The number of ether oxygens (including phenoxy) is 1. The van der Waals surface area contributed by atoms with E-state index in [0.717, 1.165) is 25.9 Å². The minimum absolute atomic E-state index is 0.0172. The number of nitrogens with zero attached hydrogens (tertiary/aromatic N) is 1. The van der Waals surface area contributed by atoms with Gasteiger partial charge in [-0.25, -0.2) is 4.79 Å². The van der Waals surface area contributed by atoms with Crippen LogP contribution in [-0.2, 0) is 9.53 Å². The Kier molecular flexibility index (Phi) is 5.63. The third-order valence-corrected chi connectivity index (χ3v) is 3.15. The Balaban J connectivity index is 2.32. The summed E-state index contributed by atoms with van der Waals surface area (Å²) in [6, 6.07) is 0. The first-order valence-electron chi connectivity index (χ1n) is 7.02. The number of carbonyl (C=O) groups is 2. The molecule has 1 heterocycles. The highest BCUT2D eigenvalue weighted by Crippen LogP contribution is 2.16.